The van der Waals surface area contributed by atoms with E-state index in [1.54, 1.807) is 6.92 Å². The molecule has 0 aliphatic heterocycles. The van der Waals surface area contributed by atoms with Crippen LogP contribution in [0, 0.1) is 6.92 Å². The fourth-order valence-electron chi connectivity index (χ4n) is 0.971. The third kappa shape index (κ3) is 2.04. The molecule has 0 bridgehead atoms. The molecule has 2 heteroatoms. The van der Waals surface area contributed by atoms with Crippen LogP contribution in [0.3, 0.4) is 0 Å². The van der Waals surface area contributed by atoms with Crippen LogP contribution in [-0.4, -0.2) is 5.11 Å². The van der Waals surface area contributed by atoms with Crippen LogP contribution in [0.1, 0.15) is 24.2 Å². The molecule has 1 aromatic carbocycles. The maximum atomic E-state index is 9.27. The average molecular weight is 215 g/mol. The number of aliphatic hydroxyl groups is 1. The van der Waals surface area contributed by atoms with Gasteiger partial charge in [0.25, 0.3) is 0 Å². The summed E-state index contributed by atoms with van der Waals surface area (Å²) in [5, 5.41) is 9.27. The molecule has 0 spiro atoms. The summed E-state index contributed by atoms with van der Waals surface area (Å²) in [4.78, 5) is 0. The van der Waals surface area contributed by atoms with Crippen LogP contribution in [0.2, 0.25) is 0 Å². The third-order valence-corrected chi connectivity index (χ3v) is 2.29. The number of aliphatic hydroxyl groups excluding tert-OH is 1. The van der Waals surface area contributed by atoms with Gasteiger partial charge in [-0.25, -0.2) is 0 Å². The molecule has 1 rings (SSSR count). The number of hydrogen-bond acceptors (Lipinski definition) is 1. The number of aryl methyl sites for hydroxylation is 1. The molecule has 0 fully saturated rings. The molecule has 0 aliphatic carbocycles. The summed E-state index contributed by atoms with van der Waals surface area (Å²) < 4.78 is 0.979. The van der Waals surface area contributed by atoms with E-state index < -0.39 is 6.10 Å². The fourth-order valence-corrected chi connectivity index (χ4v) is 1.80. The van der Waals surface area contributed by atoms with E-state index in [0.717, 1.165) is 10.0 Å². The number of halogens is 1. The van der Waals surface area contributed by atoms with Crippen LogP contribution < -0.4 is 0 Å². The number of hydrogen-bond donors (Lipinski definition) is 1. The highest BCUT2D eigenvalue weighted by Gasteiger charge is 2.04. The Bertz CT molecular complexity index is 256. The van der Waals surface area contributed by atoms with Crippen molar-refractivity contribution >= 4 is 15.9 Å². The predicted octanol–water partition coefficient (Wildman–Crippen LogP) is 2.81. The van der Waals surface area contributed by atoms with Crippen molar-refractivity contribution in [3.63, 3.8) is 0 Å². The third-order valence-electron chi connectivity index (χ3n) is 1.61. The van der Waals surface area contributed by atoms with Gasteiger partial charge in [0.15, 0.2) is 0 Å². The normalized spacial score (nSPS) is 13.1. The van der Waals surface area contributed by atoms with Crippen molar-refractivity contribution in [2.75, 3.05) is 0 Å². The minimum atomic E-state index is -0.398. The van der Waals surface area contributed by atoms with Gasteiger partial charge in [0.2, 0.25) is 0 Å². The van der Waals surface area contributed by atoms with Crippen LogP contribution in [0.25, 0.3) is 0 Å². The van der Waals surface area contributed by atoms with Crippen LogP contribution in [0.15, 0.2) is 22.7 Å². The maximum absolute atomic E-state index is 9.27. The van der Waals surface area contributed by atoms with E-state index in [1.165, 1.54) is 5.56 Å². The van der Waals surface area contributed by atoms with Crippen LogP contribution in [0.5, 0.6) is 0 Å². The summed E-state index contributed by atoms with van der Waals surface area (Å²) in [6, 6.07) is 5.93. The van der Waals surface area contributed by atoms with E-state index >= 15 is 0 Å². The van der Waals surface area contributed by atoms with Gasteiger partial charge in [-0.05, 0) is 31.0 Å². The first-order valence-corrected chi connectivity index (χ1v) is 4.34. The van der Waals surface area contributed by atoms with Crippen LogP contribution in [0.4, 0.5) is 0 Å². The highest BCUT2D eigenvalue weighted by molar-refractivity contribution is 9.10. The SMILES string of the molecule is Cc1ccc([C@@H](C)O)c(Br)c1. The molecule has 60 valence electrons. The van der Waals surface area contributed by atoms with Crippen molar-refractivity contribution in [3.05, 3.63) is 33.8 Å². The summed E-state index contributed by atoms with van der Waals surface area (Å²) in [6.07, 6.45) is -0.398. The lowest BCUT2D eigenvalue weighted by molar-refractivity contribution is 0.198. The molecule has 0 saturated carbocycles. The maximum Gasteiger partial charge on any atom is 0.0772 e. The second kappa shape index (κ2) is 3.37. The van der Waals surface area contributed by atoms with E-state index in [1.807, 2.05) is 25.1 Å². The minimum absolute atomic E-state index is 0.398. The molecule has 0 unspecified atom stereocenters. The van der Waals surface area contributed by atoms with E-state index in [4.69, 9.17) is 0 Å². The largest absolute Gasteiger partial charge is 0.389 e. The molecule has 1 aromatic rings. The Kier molecular flexibility index (Phi) is 2.68. The van der Waals surface area contributed by atoms with Gasteiger partial charge in [0.05, 0.1) is 6.10 Å². The highest BCUT2D eigenvalue weighted by atomic mass is 79.9. The molecule has 1 atom stereocenters. The molecule has 11 heavy (non-hydrogen) atoms. The Balaban J connectivity index is 3.09. The average Bonchev–Trinajstić information content (AvgIpc) is 1.85. The minimum Gasteiger partial charge on any atom is -0.389 e. The molecule has 0 radical (unpaired) electrons. The predicted molar refractivity (Wildman–Crippen MR) is 49.5 cm³/mol. The lowest BCUT2D eigenvalue weighted by Gasteiger charge is -2.07. The quantitative estimate of drug-likeness (QED) is 0.763. The topological polar surface area (TPSA) is 20.2 Å². The van der Waals surface area contributed by atoms with E-state index in [0.29, 0.717) is 0 Å². The zero-order valence-corrected chi connectivity index (χ0v) is 8.22. The Morgan fingerprint density at radius 2 is 2.09 bits per heavy atom. The first-order chi connectivity index (χ1) is 5.11. The second-order valence-corrected chi connectivity index (χ2v) is 3.56. The Morgan fingerprint density at radius 1 is 1.45 bits per heavy atom. The zero-order valence-electron chi connectivity index (χ0n) is 6.63. The molecular weight excluding hydrogens is 204 g/mol. The van der Waals surface area contributed by atoms with Gasteiger partial charge in [-0.3, -0.25) is 0 Å². The monoisotopic (exact) mass is 214 g/mol. The van der Waals surface area contributed by atoms with Crippen molar-refractivity contribution in [1.29, 1.82) is 0 Å². The van der Waals surface area contributed by atoms with Gasteiger partial charge in [-0.2, -0.15) is 0 Å². The lowest BCUT2D eigenvalue weighted by Crippen LogP contribution is -1.92. The highest BCUT2D eigenvalue weighted by Crippen LogP contribution is 2.23. The number of rotatable bonds is 1. The molecule has 0 aromatic heterocycles. The van der Waals surface area contributed by atoms with Gasteiger partial charge in [0.1, 0.15) is 0 Å². The summed E-state index contributed by atoms with van der Waals surface area (Å²) in [6.45, 7) is 3.78. The molecule has 1 nitrogen and oxygen atoms in total. The first kappa shape index (κ1) is 8.75. The lowest BCUT2D eigenvalue weighted by atomic mass is 10.1. The van der Waals surface area contributed by atoms with E-state index in [2.05, 4.69) is 15.9 Å². The molecule has 0 saturated heterocycles. The zero-order chi connectivity index (χ0) is 8.43. The summed E-state index contributed by atoms with van der Waals surface area (Å²) in [5.74, 6) is 0. The standard InChI is InChI=1S/C9H11BrO/c1-6-3-4-8(7(2)11)9(10)5-6/h3-5,7,11H,1-2H3/t7-/m1/s1. The van der Waals surface area contributed by atoms with Crippen LogP contribution in [-0.2, 0) is 0 Å². The fraction of sp³-hybridized carbons (Fsp3) is 0.333. The Hall–Kier alpha value is -0.340. The van der Waals surface area contributed by atoms with E-state index in [9.17, 15) is 5.11 Å². The van der Waals surface area contributed by atoms with Gasteiger partial charge in [-0.15, -0.1) is 0 Å². The molecule has 0 amide bonds. The molecular formula is C9H11BrO. The van der Waals surface area contributed by atoms with Gasteiger partial charge < -0.3 is 5.11 Å². The summed E-state index contributed by atoms with van der Waals surface area (Å²) >= 11 is 3.39. The Labute approximate surface area is 75.2 Å². The summed E-state index contributed by atoms with van der Waals surface area (Å²) in [5.41, 5.74) is 2.14. The second-order valence-electron chi connectivity index (χ2n) is 2.70. The van der Waals surface area contributed by atoms with Gasteiger partial charge in [-0.1, -0.05) is 28.1 Å². The summed E-state index contributed by atoms with van der Waals surface area (Å²) in [7, 11) is 0. The van der Waals surface area contributed by atoms with Crippen molar-refractivity contribution in [1.82, 2.24) is 0 Å². The van der Waals surface area contributed by atoms with Crippen LogP contribution >= 0.6 is 15.9 Å². The Morgan fingerprint density at radius 3 is 2.55 bits per heavy atom. The molecule has 0 aliphatic rings. The van der Waals surface area contributed by atoms with Gasteiger partial charge in [0, 0.05) is 4.47 Å². The molecule has 1 N–H and O–H groups in total. The first-order valence-electron chi connectivity index (χ1n) is 3.55. The van der Waals surface area contributed by atoms with E-state index in [-0.39, 0.29) is 0 Å². The van der Waals surface area contributed by atoms with Crippen molar-refractivity contribution in [2.24, 2.45) is 0 Å². The van der Waals surface area contributed by atoms with Crippen molar-refractivity contribution < 1.29 is 5.11 Å². The van der Waals surface area contributed by atoms with Gasteiger partial charge >= 0.3 is 0 Å². The van der Waals surface area contributed by atoms with Crippen molar-refractivity contribution in [3.8, 4) is 0 Å². The molecule has 0 heterocycles. The smallest absolute Gasteiger partial charge is 0.0772 e. The number of benzene rings is 1. The van der Waals surface area contributed by atoms with Crippen molar-refractivity contribution in [2.45, 2.75) is 20.0 Å².